The second kappa shape index (κ2) is 5.44. The molecule has 6 heteroatoms. The lowest BCUT2D eigenvalue weighted by atomic mass is 9.92. The van der Waals surface area contributed by atoms with Crippen LogP contribution < -0.4 is 11.5 Å². The fraction of sp³-hybridized carbons (Fsp3) is 0.727. The van der Waals surface area contributed by atoms with E-state index in [9.17, 15) is 9.59 Å². The Bertz CT molecular complexity index is 346. The third-order valence-corrected chi connectivity index (χ3v) is 3.72. The summed E-state index contributed by atoms with van der Waals surface area (Å²) in [6.45, 7) is 4.02. The molecule has 0 saturated carbocycles. The first-order chi connectivity index (χ1) is 7.84. The molecule has 1 rings (SSSR count). The van der Waals surface area contributed by atoms with E-state index >= 15 is 0 Å². The third kappa shape index (κ3) is 3.15. The molecule has 1 fully saturated rings. The third-order valence-electron chi connectivity index (χ3n) is 3.36. The van der Waals surface area contributed by atoms with E-state index in [1.165, 1.54) is 0 Å². The maximum atomic E-state index is 12.1. The number of thiocarbonyl (C=S) groups is 1. The molecule has 17 heavy (non-hydrogen) atoms. The number of nitrogens with two attached hydrogens (primary N) is 2. The minimum atomic E-state index is -0.487. The lowest BCUT2D eigenvalue weighted by Crippen LogP contribution is -2.51. The van der Waals surface area contributed by atoms with Crippen molar-refractivity contribution in [2.45, 2.75) is 32.7 Å². The Morgan fingerprint density at radius 2 is 1.94 bits per heavy atom. The van der Waals surface area contributed by atoms with E-state index in [1.807, 2.05) is 6.92 Å². The molecule has 3 atom stereocenters. The first-order valence-corrected chi connectivity index (χ1v) is 6.14. The number of carbonyl (C=O) groups is 2. The van der Waals surface area contributed by atoms with Crippen LogP contribution in [0.2, 0.25) is 0 Å². The predicted octanol–water partition coefficient (Wildman–Crippen LogP) is 0.0210. The fourth-order valence-electron chi connectivity index (χ4n) is 2.02. The van der Waals surface area contributed by atoms with Gasteiger partial charge in [0.1, 0.15) is 0 Å². The highest BCUT2D eigenvalue weighted by Crippen LogP contribution is 2.23. The van der Waals surface area contributed by atoms with Gasteiger partial charge in [-0.2, -0.15) is 0 Å². The van der Waals surface area contributed by atoms with Crippen molar-refractivity contribution in [3.63, 3.8) is 0 Å². The Hall–Kier alpha value is -1.17. The summed E-state index contributed by atoms with van der Waals surface area (Å²) in [5, 5.41) is 0. The lowest BCUT2D eigenvalue weighted by Gasteiger charge is -2.38. The molecule has 96 valence electrons. The molecule has 1 aliphatic heterocycles. The van der Waals surface area contributed by atoms with Crippen molar-refractivity contribution in [1.29, 1.82) is 0 Å². The number of rotatable bonds is 3. The van der Waals surface area contributed by atoms with Gasteiger partial charge in [0.05, 0.1) is 16.8 Å². The molecule has 3 unspecified atom stereocenters. The van der Waals surface area contributed by atoms with Crippen LogP contribution in [-0.2, 0) is 9.59 Å². The van der Waals surface area contributed by atoms with Gasteiger partial charge < -0.3 is 16.4 Å². The van der Waals surface area contributed by atoms with Gasteiger partial charge in [-0.25, -0.2) is 0 Å². The number of carbonyl (C=O) groups excluding carboxylic acids is 2. The molecule has 0 spiro atoms. The van der Waals surface area contributed by atoms with Crippen LogP contribution in [0.15, 0.2) is 0 Å². The van der Waals surface area contributed by atoms with Crippen molar-refractivity contribution >= 4 is 29.0 Å². The van der Waals surface area contributed by atoms with Crippen LogP contribution >= 0.6 is 12.2 Å². The standard InChI is InChI=1S/C11H19N3O2S/c1-6-3-4-8(9(12)15)5-14(6)11(16)7(2)10(13)17/h6-8H,3-5H2,1-2H3,(H2,12,15)(H2,13,17). The zero-order valence-corrected chi connectivity index (χ0v) is 11.0. The minimum absolute atomic E-state index is 0.106. The smallest absolute Gasteiger partial charge is 0.232 e. The normalized spacial score (nSPS) is 26.4. The van der Waals surface area contributed by atoms with Crippen molar-refractivity contribution in [2.24, 2.45) is 23.3 Å². The largest absolute Gasteiger partial charge is 0.393 e. The summed E-state index contributed by atoms with van der Waals surface area (Å²) in [6, 6.07) is 0.106. The first-order valence-electron chi connectivity index (χ1n) is 5.73. The van der Waals surface area contributed by atoms with Crippen molar-refractivity contribution < 1.29 is 9.59 Å². The van der Waals surface area contributed by atoms with E-state index in [0.717, 1.165) is 12.8 Å². The number of piperidine rings is 1. The van der Waals surface area contributed by atoms with Crippen LogP contribution in [0.25, 0.3) is 0 Å². The molecule has 0 aliphatic carbocycles. The number of hydrogen-bond acceptors (Lipinski definition) is 3. The minimum Gasteiger partial charge on any atom is -0.393 e. The molecular formula is C11H19N3O2S. The maximum absolute atomic E-state index is 12.1. The Morgan fingerprint density at radius 1 is 1.35 bits per heavy atom. The molecule has 0 bridgehead atoms. The quantitative estimate of drug-likeness (QED) is 0.698. The van der Waals surface area contributed by atoms with Gasteiger partial charge in [0.25, 0.3) is 0 Å². The van der Waals surface area contributed by atoms with Crippen LogP contribution in [0.1, 0.15) is 26.7 Å². The van der Waals surface area contributed by atoms with Crippen molar-refractivity contribution in [3.8, 4) is 0 Å². The van der Waals surface area contributed by atoms with Crippen LogP contribution in [0, 0.1) is 11.8 Å². The van der Waals surface area contributed by atoms with Gasteiger partial charge in [-0.15, -0.1) is 0 Å². The van der Waals surface area contributed by atoms with Crippen LogP contribution in [0.3, 0.4) is 0 Å². The Morgan fingerprint density at radius 3 is 2.41 bits per heavy atom. The van der Waals surface area contributed by atoms with Crippen molar-refractivity contribution in [3.05, 3.63) is 0 Å². The van der Waals surface area contributed by atoms with Gasteiger partial charge >= 0.3 is 0 Å². The van der Waals surface area contributed by atoms with Gasteiger partial charge in [0.2, 0.25) is 11.8 Å². The SMILES string of the molecule is CC(C(=O)N1CC(C(N)=O)CCC1C)C(N)=S. The zero-order chi connectivity index (χ0) is 13.2. The maximum Gasteiger partial charge on any atom is 0.232 e. The molecule has 0 aromatic heterocycles. The van der Waals surface area contributed by atoms with E-state index in [-0.39, 0.29) is 28.8 Å². The van der Waals surface area contributed by atoms with Gasteiger partial charge in [0, 0.05) is 12.6 Å². The van der Waals surface area contributed by atoms with E-state index in [1.54, 1.807) is 11.8 Å². The highest BCUT2D eigenvalue weighted by atomic mass is 32.1. The summed E-state index contributed by atoms with van der Waals surface area (Å²) in [7, 11) is 0. The molecule has 4 N–H and O–H groups in total. The molecule has 5 nitrogen and oxygen atoms in total. The highest BCUT2D eigenvalue weighted by Gasteiger charge is 2.33. The molecule has 0 aromatic carbocycles. The summed E-state index contributed by atoms with van der Waals surface area (Å²) < 4.78 is 0. The van der Waals surface area contributed by atoms with E-state index in [4.69, 9.17) is 23.7 Å². The van der Waals surface area contributed by atoms with Crippen LogP contribution in [-0.4, -0.2) is 34.3 Å². The molecule has 2 amide bonds. The Kier molecular flexibility index (Phi) is 4.45. The fourth-order valence-corrected chi connectivity index (χ4v) is 2.12. The lowest BCUT2D eigenvalue weighted by molar-refractivity contribution is -0.139. The van der Waals surface area contributed by atoms with Gasteiger partial charge in [-0.1, -0.05) is 12.2 Å². The van der Waals surface area contributed by atoms with Crippen molar-refractivity contribution in [2.75, 3.05) is 6.54 Å². The summed E-state index contributed by atoms with van der Waals surface area (Å²) in [5.41, 5.74) is 10.8. The number of primary amides is 1. The molecule has 0 aromatic rings. The topological polar surface area (TPSA) is 89.4 Å². The molecule has 0 radical (unpaired) electrons. The average molecular weight is 257 g/mol. The number of likely N-dealkylation sites (tertiary alicyclic amines) is 1. The summed E-state index contributed by atoms with van der Waals surface area (Å²) in [6.07, 6.45) is 1.52. The van der Waals surface area contributed by atoms with Crippen LogP contribution in [0.4, 0.5) is 0 Å². The molecule has 1 aliphatic rings. The molecular weight excluding hydrogens is 238 g/mol. The van der Waals surface area contributed by atoms with Gasteiger partial charge in [-0.05, 0) is 26.7 Å². The number of nitrogens with zero attached hydrogens (tertiary/aromatic N) is 1. The van der Waals surface area contributed by atoms with E-state index < -0.39 is 5.92 Å². The van der Waals surface area contributed by atoms with Crippen molar-refractivity contribution in [1.82, 2.24) is 4.90 Å². The van der Waals surface area contributed by atoms with E-state index in [0.29, 0.717) is 6.54 Å². The Labute approximate surface area is 107 Å². The number of hydrogen-bond donors (Lipinski definition) is 2. The highest BCUT2D eigenvalue weighted by molar-refractivity contribution is 7.80. The summed E-state index contributed by atoms with van der Waals surface area (Å²) in [5.74, 6) is -1.21. The zero-order valence-electron chi connectivity index (χ0n) is 10.2. The summed E-state index contributed by atoms with van der Waals surface area (Å²) >= 11 is 4.82. The second-order valence-electron chi connectivity index (χ2n) is 4.64. The second-order valence-corrected chi connectivity index (χ2v) is 5.11. The van der Waals surface area contributed by atoms with Crippen LogP contribution in [0.5, 0.6) is 0 Å². The monoisotopic (exact) mass is 257 g/mol. The summed E-state index contributed by atoms with van der Waals surface area (Å²) in [4.78, 5) is 25.1. The molecule has 1 heterocycles. The first kappa shape index (κ1) is 13.9. The molecule has 1 saturated heterocycles. The van der Waals surface area contributed by atoms with Gasteiger partial charge in [0.15, 0.2) is 0 Å². The predicted molar refractivity (Wildman–Crippen MR) is 69.0 cm³/mol. The number of amides is 2. The van der Waals surface area contributed by atoms with Gasteiger partial charge in [-0.3, -0.25) is 9.59 Å². The van der Waals surface area contributed by atoms with E-state index in [2.05, 4.69) is 0 Å². The average Bonchev–Trinajstić information content (AvgIpc) is 2.27. The Balaban J connectivity index is 2.76.